The van der Waals surface area contributed by atoms with Gasteiger partial charge in [-0.3, -0.25) is 19.5 Å². The molecule has 1 saturated carbocycles. The van der Waals surface area contributed by atoms with E-state index in [0.29, 0.717) is 21.1 Å². The Morgan fingerprint density at radius 3 is 2.82 bits per heavy atom. The summed E-state index contributed by atoms with van der Waals surface area (Å²) in [6.07, 6.45) is 5.64. The number of aromatic nitrogens is 2. The molecule has 1 aromatic heterocycles. The second-order valence-corrected chi connectivity index (χ2v) is 7.93. The number of rotatable bonds is 6. The average Bonchev–Trinajstić information content (AvgIpc) is 3.16. The molecular weight excluding hydrogens is 400 g/mol. The van der Waals surface area contributed by atoms with Crippen LogP contribution in [0, 0.1) is 0 Å². The van der Waals surface area contributed by atoms with Gasteiger partial charge in [0, 0.05) is 17.6 Å². The SMILES string of the molecule is C=CCn1c(SCC(=O)NC(=O)NC2CCCC2)nc2ccc(Cl)cc2c1=O. The molecule has 0 atom stereocenters. The van der Waals surface area contributed by atoms with Gasteiger partial charge in [0.1, 0.15) is 0 Å². The number of benzene rings is 1. The van der Waals surface area contributed by atoms with Crippen molar-refractivity contribution in [1.82, 2.24) is 20.2 Å². The van der Waals surface area contributed by atoms with E-state index in [-0.39, 0.29) is 23.9 Å². The van der Waals surface area contributed by atoms with Gasteiger partial charge in [-0.1, -0.05) is 42.3 Å². The number of nitrogens with zero attached hydrogens (tertiary/aromatic N) is 2. The fourth-order valence-corrected chi connectivity index (χ4v) is 4.14. The highest BCUT2D eigenvalue weighted by Gasteiger charge is 2.19. The topological polar surface area (TPSA) is 93.1 Å². The molecule has 7 nitrogen and oxygen atoms in total. The first kappa shape index (κ1) is 20.4. The summed E-state index contributed by atoms with van der Waals surface area (Å²) >= 11 is 7.07. The fraction of sp³-hybridized carbons (Fsp3) is 0.368. The molecule has 0 unspecified atom stereocenters. The van der Waals surface area contributed by atoms with Crippen molar-refractivity contribution in [2.24, 2.45) is 0 Å². The van der Waals surface area contributed by atoms with Crippen LogP contribution in [0.2, 0.25) is 5.02 Å². The summed E-state index contributed by atoms with van der Waals surface area (Å²) in [7, 11) is 0. The van der Waals surface area contributed by atoms with Gasteiger partial charge in [-0.05, 0) is 31.0 Å². The Morgan fingerprint density at radius 2 is 2.11 bits per heavy atom. The Balaban J connectivity index is 1.70. The molecule has 0 radical (unpaired) electrons. The van der Waals surface area contributed by atoms with Crippen LogP contribution in [0.15, 0.2) is 40.8 Å². The molecule has 1 aliphatic rings. The molecule has 1 fully saturated rings. The number of nitrogens with one attached hydrogen (secondary N) is 2. The van der Waals surface area contributed by atoms with Crippen LogP contribution in [0.4, 0.5) is 4.79 Å². The van der Waals surface area contributed by atoms with Crippen LogP contribution in [-0.2, 0) is 11.3 Å². The van der Waals surface area contributed by atoms with E-state index in [0.717, 1.165) is 37.4 Å². The second kappa shape index (κ2) is 9.25. The molecule has 3 rings (SSSR count). The van der Waals surface area contributed by atoms with Crippen LogP contribution in [0.5, 0.6) is 0 Å². The number of halogens is 1. The van der Waals surface area contributed by atoms with Gasteiger partial charge in [0.15, 0.2) is 5.16 Å². The van der Waals surface area contributed by atoms with Gasteiger partial charge >= 0.3 is 6.03 Å². The van der Waals surface area contributed by atoms with Crippen LogP contribution in [0.25, 0.3) is 10.9 Å². The molecule has 0 saturated heterocycles. The maximum Gasteiger partial charge on any atom is 0.321 e. The summed E-state index contributed by atoms with van der Waals surface area (Å²) in [4.78, 5) is 41.2. The molecule has 0 aliphatic heterocycles. The molecular formula is C19H21ClN4O3S. The number of imide groups is 1. The van der Waals surface area contributed by atoms with Gasteiger partial charge < -0.3 is 5.32 Å². The van der Waals surface area contributed by atoms with Crippen molar-refractivity contribution in [1.29, 1.82) is 0 Å². The summed E-state index contributed by atoms with van der Waals surface area (Å²) in [5, 5.41) is 6.36. The molecule has 2 N–H and O–H groups in total. The molecule has 28 heavy (non-hydrogen) atoms. The quantitative estimate of drug-likeness (QED) is 0.425. The lowest BCUT2D eigenvalue weighted by Gasteiger charge is -2.13. The van der Waals surface area contributed by atoms with Gasteiger partial charge in [-0.15, -0.1) is 6.58 Å². The molecule has 0 bridgehead atoms. The highest BCUT2D eigenvalue weighted by molar-refractivity contribution is 7.99. The lowest BCUT2D eigenvalue weighted by Crippen LogP contribution is -2.44. The Bertz CT molecular complexity index is 970. The predicted molar refractivity (Wildman–Crippen MR) is 111 cm³/mol. The fourth-order valence-electron chi connectivity index (χ4n) is 3.16. The summed E-state index contributed by atoms with van der Waals surface area (Å²) < 4.78 is 1.43. The number of amides is 3. The van der Waals surface area contributed by atoms with Crippen molar-refractivity contribution in [2.75, 3.05) is 5.75 Å². The monoisotopic (exact) mass is 420 g/mol. The number of urea groups is 1. The molecule has 2 aromatic rings. The number of carbonyl (C=O) groups is 2. The lowest BCUT2D eigenvalue weighted by molar-refractivity contribution is -0.117. The Kier molecular flexibility index (Phi) is 6.74. The molecule has 1 aromatic carbocycles. The zero-order valence-corrected chi connectivity index (χ0v) is 16.8. The second-order valence-electron chi connectivity index (χ2n) is 6.55. The largest absolute Gasteiger partial charge is 0.335 e. The van der Waals surface area contributed by atoms with Gasteiger partial charge in [-0.2, -0.15) is 0 Å². The standard InChI is InChI=1S/C19H21ClN4O3S/c1-2-9-24-17(26)14-10-12(20)7-8-15(14)22-19(24)28-11-16(25)23-18(27)21-13-5-3-4-6-13/h2,7-8,10,13H,1,3-6,9,11H2,(H2,21,23,25,27). The zero-order valence-electron chi connectivity index (χ0n) is 15.2. The summed E-state index contributed by atoms with van der Waals surface area (Å²) in [6, 6.07) is 4.54. The molecule has 0 spiro atoms. The molecule has 1 aliphatic carbocycles. The molecule has 148 valence electrons. The minimum Gasteiger partial charge on any atom is -0.335 e. The van der Waals surface area contributed by atoms with Crippen molar-refractivity contribution >= 4 is 46.2 Å². The zero-order chi connectivity index (χ0) is 20.1. The molecule has 3 amide bonds. The number of fused-ring (bicyclic) bond motifs is 1. The third kappa shape index (κ3) is 4.94. The Hall–Kier alpha value is -2.32. The van der Waals surface area contributed by atoms with E-state index in [1.807, 2.05) is 0 Å². The van der Waals surface area contributed by atoms with E-state index < -0.39 is 11.9 Å². The van der Waals surface area contributed by atoms with Crippen LogP contribution >= 0.6 is 23.4 Å². The highest BCUT2D eigenvalue weighted by Crippen LogP contribution is 2.20. The van der Waals surface area contributed by atoms with Crippen LogP contribution in [0.1, 0.15) is 25.7 Å². The van der Waals surface area contributed by atoms with Crippen LogP contribution in [0.3, 0.4) is 0 Å². The maximum atomic E-state index is 12.7. The molecule has 9 heteroatoms. The summed E-state index contributed by atoms with van der Waals surface area (Å²) in [5.41, 5.74) is 0.242. The van der Waals surface area contributed by atoms with Crippen LogP contribution < -0.4 is 16.2 Å². The Morgan fingerprint density at radius 1 is 1.36 bits per heavy atom. The van der Waals surface area contributed by atoms with E-state index in [4.69, 9.17) is 11.6 Å². The van der Waals surface area contributed by atoms with Gasteiger partial charge in [0.25, 0.3) is 5.56 Å². The van der Waals surface area contributed by atoms with Crippen molar-refractivity contribution in [3.8, 4) is 0 Å². The summed E-state index contributed by atoms with van der Waals surface area (Å²) in [5.74, 6) is -0.489. The van der Waals surface area contributed by atoms with E-state index in [2.05, 4.69) is 22.2 Å². The third-order valence-electron chi connectivity index (χ3n) is 4.47. The predicted octanol–water partition coefficient (Wildman–Crippen LogP) is 3.10. The first-order valence-corrected chi connectivity index (χ1v) is 10.4. The lowest BCUT2D eigenvalue weighted by atomic mass is 10.2. The first-order chi connectivity index (χ1) is 13.5. The number of hydrogen-bond donors (Lipinski definition) is 2. The minimum absolute atomic E-state index is 0.0409. The normalized spacial score (nSPS) is 14.2. The van der Waals surface area contributed by atoms with Crippen molar-refractivity contribution in [3.63, 3.8) is 0 Å². The van der Waals surface area contributed by atoms with E-state index >= 15 is 0 Å². The van der Waals surface area contributed by atoms with E-state index in [9.17, 15) is 14.4 Å². The van der Waals surface area contributed by atoms with Crippen molar-refractivity contribution in [3.05, 3.63) is 46.2 Å². The van der Waals surface area contributed by atoms with Crippen LogP contribution in [-0.4, -0.2) is 33.3 Å². The third-order valence-corrected chi connectivity index (χ3v) is 5.68. The number of allylic oxidation sites excluding steroid dienone is 1. The van der Waals surface area contributed by atoms with Crippen molar-refractivity contribution in [2.45, 2.75) is 43.4 Å². The van der Waals surface area contributed by atoms with Gasteiger partial charge in [0.05, 0.1) is 16.7 Å². The smallest absolute Gasteiger partial charge is 0.321 e. The first-order valence-electron chi connectivity index (χ1n) is 9.02. The minimum atomic E-state index is -0.484. The van der Waals surface area contributed by atoms with Gasteiger partial charge in [0.2, 0.25) is 5.91 Å². The Labute approximate surface area is 171 Å². The highest BCUT2D eigenvalue weighted by atomic mass is 35.5. The van der Waals surface area contributed by atoms with Gasteiger partial charge in [-0.25, -0.2) is 9.78 Å². The summed E-state index contributed by atoms with van der Waals surface area (Å²) in [6.45, 7) is 3.91. The molecule has 1 heterocycles. The number of thioether (sulfide) groups is 1. The van der Waals surface area contributed by atoms with E-state index in [1.54, 1.807) is 24.3 Å². The average molecular weight is 421 g/mol. The number of hydrogen-bond acceptors (Lipinski definition) is 5. The number of carbonyl (C=O) groups excluding carboxylic acids is 2. The van der Waals surface area contributed by atoms with Crippen molar-refractivity contribution < 1.29 is 9.59 Å². The maximum absolute atomic E-state index is 12.7. The van der Waals surface area contributed by atoms with E-state index in [1.165, 1.54) is 4.57 Å².